The van der Waals surface area contributed by atoms with Crippen LogP contribution < -0.4 is 0 Å². The number of benzene rings is 1. The van der Waals surface area contributed by atoms with E-state index in [1.807, 2.05) is 31.2 Å². The number of nitrogens with one attached hydrogen (secondary N) is 1. The Morgan fingerprint density at radius 3 is 2.56 bits per heavy atom. The SMILES string of the molecule is Cc1ccc(C(=O)C2CCCCC2=N)cc1. The molecule has 1 saturated carbocycles. The van der Waals surface area contributed by atoms with Crippen LogP contribution in [0.25, 0.3) is 0 Å². The van der Waals surface area contributed by atoms with Gasteiger partial charge < -0.3 is 5.41 Å². The van der Waals surface area contributed by atoms with E-state index >= 15 is 0 Å². The van der Waals surface area contributed by atoms with E-state index in [2.05, 4.69) is 0 Å². The van der Waals surface area contributed by atoms with Crippen molar-refractivity contribution in [2.75, 3.05) is 0 Å². The van der Waals surface area contributed by atoms with Crippen LogP contribution in [0.3, 0.4) is 0 Å². The summed E-state index contributed by atoms with van der Waals surface area (Å²) >= 11 is 0. The van der Waals surface area contributed by atoms with Crippen LogP contribution in [0.15, 0.2) is 24.3 Å². The van der Waals surface area contributed by atoms with E-state index in [1.165, 1.54) is 0 Å². The van der Waals surface area contributed by atoms with E-state index in [9.17, 15) is 4.79 Å². The van der Waals surface area contributed by atoms with Crippen LogP contribution in [0.4, 0.5) is 0 Å². The maximum atomic E-state index is 12.2. The van der Waals surface area contributed by atoms with Crippen LogP contribution in [0.1, 0.15) is 41.6 Å². The predicted octanol–water partition coefficient (Wildman–Crippen LogP) is 3.39. The largest absolute Gasteiger partial charge is 0.309 e. The number of aryl methyl sites for hydroxylation is 1. The van der Waals surface area contributed by atoms with E-state index in [0.717, 1.165) is 36.8 Å². The molecule has 1 aromatic carbocycles. The van der Waals surface area contributed by atoms with E-state index in [1.54, 1.807) is 0 Å². The van der Waals surface area contributed by atoms with Crippen molar-refractivity contribution in [1.29, 1.82) is 5.41 Å². The van der Waals surface area contributed by atoms with Gasteiger partial charge in [-0.1, -0.05) is 36.2 Å². The van der Waals surface area contributed by atoms with E-state index in [4.69, 9.17) is 5.41 Å². The topological polar surface area (TPSA) is 40.9 Å². The Hall–Kier alpha value is -1.44. The van der Waals surface area contributed by atoms with Gasteiger partial charge in [0.05, 0.1) is 5.92 Å². The van der Waals surface area contributed by atoms with Gasteiger partial charge in [-0.15, -0.1) is 0 Å². The average Bonchev–Trinajstić information content (AvgIpc) is 2.30. The third kappa shape index (κ3) is 2.21. The summed E-state index contributed by atoms with van der Waals surface area (Å²) in [5.41, 5.74) is 2.54. The van der Waals surface area contributed by atoms with E-state index < -0.39 is 0 Å². The highest BCUT2D eigenvalue weighted by Gasteiger charge is 2.26. The highest BCUT2D eigenvalue weighted by molar-refractivity contribution is 6.11. The summed E-state index contributed by atoms with van der Waals surface area (Å²) < 4.78 is 0. The first-order valence-electron chi connectivity index (χ1n) is 5.86. The van der Waals surface area contributed by atoms with Gasteiger partial charge in [-0.05, 0) is 26.2 Å². The molecule has 2 heteroatoms. The second-order valence-corrected chi connectivity index (χ2v) is 4.55. The standard InChI is InChI=1S/C14H17NO/c1-10-6-8-11(9-7-10)14(16)12-4-2-3-5-13(12)15/h6-9,12,15H,2-5H2,1H3. The Balaban J connectivity index is 2.17. The third-order valence-corrected chi connectivity index (χ3v) is 3.26. The molecule has 84 valence electrons. The zero-order valence-electron chi connectivity index (χ0n) is 9.62. The normalized spacial score (nSPS) is 20.8. The van der Waals surface area contributed by atoms with Crippen molar-refractivity contribution >= 4 is 11.5 Å². The fourth-order valence-electron chi connectivity index (χ4n) is 2.22. The highest BCUT2D eigenvalue weighted by Crippen LogP contribution is 2.24. The lowest BCUT2D eigenvalue weighted by Crippen LogP contribution is -2.26. The van der Waals surface area contributed by atoms with Gasteiger partial charge in [-0.25, -0.2) is 0 Å². The molecule has 1 atom stereocenters. The van der Waals surface area contributed by atoms with Crippen LogP contribution >= 0.6 is 0 Å². The summed E-state index contributed by atoms with van der Waals surface area (Å²) in [6, 6.07) is 7.67. The minimum Gasteiger partial charge on any atom is -0.309 e. The quantitative estimate of drug-likeness (QED) is 0.755. The zero-order valence-corrected chi connectivity index (χ0v) is 9.62. The Bertz CT molecular complexity index is 405. The number of carbonyl (C=O) groups excluding carboxylic acids is 1. The molecule has 0 bridgehead atoms. The summed E-state index contributed by atoms with van der Waals surface area (Å²) in [6.45, 7) is 2.01. The van der Waals surface area contributed by atoms with Gasteiger partial charge in [-0.2, -0.15) is 0 Å². The first-order valence-corrected chi connectivity index (χ1v) is 5.86. The Kier molecular flexibility index (Phi) is 3.18. The molecule has 0 radical (unpaired) electrons. The number of rotatable bonds is 2. The maximum absolute atomic E-state index is 12.2. The predicted molar refractivity (Wildman–Crippen MR) is 65.2 cm³/mol. The van der Waals surface area contributed by atoms with Crippen molar-refractivity contribution in [3.63, 3.8) is 0 Å². The number of hydrogen-bond donors (Lipinski definition) is 1. The molecule has 0 aliphatic heterocycles. The highest BCUT2D eigenvalue weighted by atomic mass is 16.1. The van der Waals surface area contributed by atoms with Gasteiger partial charge in [0, 0.05) is 11.3 Å². The molecule has 2 nitrogen and oxygen atoms in total. The molecule has 1 unspecified atom stereocenters. The molecule has 1 aliphatic rings. The second kappa shape index (κ2) is 4.60. The lowest BCUT2D eigenvalue weighted by molar-refractivity contribution is 0.0943. The van der Waals surface area contributed by atoms with Crippen LogP contribution in [-0.4, -0.2) is 11.5 Å². The lowest BCUT2D eigenvalue weighted by Gasteiger charge is -2.21. The molecule has 0 heterocycles. The molecule has 0 saturated heterocycles. The lowest BCUT2D eigenvalue weighted by atomic mass is 9.82. The summed E-state index contributed by atoms with van der Waals surface area (Å²) in [7, 11) is 0. The summed E-state index contributed by atoms with van der Waals surface area (Å²) in [5, 5.41) is 7.85. The third-order valence-electron chi connectivity index (χ3n) is 3.26. The molecule has 0 spiro atoms. The van der Waals surface area contributed by atoms with Crippen molar-refractivity contribution in [3.05, 3.63) is 35.4 Å². The molecule has 0 aromatic heterocycles. The molecule has 1 aliphatic carbocycles. The summed E-state index contributed by atoms with van der Waals surface area (Å²) in [4.78, 5) is 12.2. The van der Waals surface area contributed by atoms with Crippen LogP contribution in [0.2, 0.25) is 0 Å². The average molecular weight is 215 g/mol. The van der Waals surface area contributed by atoms with Gasteiger partial charge >= 0.3 is 0 Å². The first-order chi connectivity index (χ1) is 7.68. The van der Waals surface area contributed by atoms with Crippen molar-refractivity contribution in [3.8, 4) is 0 Å². The van der Waals surface area contributed by atoms with Crippen LogP contribution in [-0.2, 0) is 0 Å². The van der Waals surface area contributed by atoms with Crippen molar-refractivity contribution in [2.45, 2.75) is 32.6 Å². The van der Waals surface area contributed by atoms with Crippen LogP contribution in [0.5, 0.6) is 0 Å². The zero-order chi connectivity index (χ0) is 11.5. The second-order valence-electron chi connectivity index (χ2n) is 4.55. The number of Topliss-reactive ketones (excluding diaryl/α,β-unsaturated/α-hetero) is 1. The van der Waals surface area contributed by atoms with Gasteiger partial charge in [0.2, 0.25) is 0 Å². The molecular formula is C14H17NO. The maximum Gasteiger partial charge on any atom is 0.171 e. The van der Waals surface area contributed by atoms with Crippen molar-refractivity contribution < 1.29 is 4.79 Å². The van der Waals surface area contributed by atoms with Crippen molar-refractivity contribution in [2.24, 2.45) is 5.92 Å². The smallest absolute Gasteiger partial charge is 0.171 e. The Morgan fingerprint density at radius 2 is 1.94 bits per heavy atom. The van der Waals surface area contributed by atoms with E-state index in [-0.39, 0.29) is 11.7 Å². The molecule has 1 N–H and O–H groups in total. The number of carbonyl (C=O) groups is 1. The fraction of sp³-hybridized carbons (Fsp3) is 0.429. The summed E-state index contributed by atoms with van der Waals surface area (Å²) in [5.74, 6) is -0.0267. The Morgan fingerprint density at radius 1 is 1.25 bits per heavy atom. The van der Waals surface area contributed by atoms with Gasteiger partial charge in [0.1, 0.15) is 0 Å². The van der Waals surface area contributed by atoms with Gasteiger partial charge in [0.25, 0.3) is 0 Å². The monoisotopic (exact) mass is 215 g/mol. The van der Waals surface area contributed by atoms with Crippen LogP contribution in [0, 0.1) is 18.3 Å². The minimum absolute atomic E-state index is 0.129. The Labute approximate surface area is 96.2 Å². The van der Waals surface area contributed by atoms with Gasteiger partial charge in [-0.3, -0.25) is 4.79 Å². The van der Waals surface area contributed by atoms with Gasteiger partial charge in [0.15, 0.2) is 5.78 Å². The molecule has 1 aromatic rings. The number of hydrogen-bond acceptors (Lipinski definition) is 2. The molecule has 16 heavy (non-hydrogen) atoms. The molecule has 1 fully saturated rings. The number of ketones is 1. The minimum atomic E-state index is -0.156. The molecular weight excluding hydrogens is 198 g/mol. The molecule has 2 rings (SSSR count). The van der Waals surface area contributed by atoms with E-state index in [0.29, 0.717) is 5.71 Å². The molecule has 0 amide bonds. The fourth-order valence-corrected chi connectivity index (χ4v) is 2.22. The van der Waals surface area contributed by atoms with Crippen molar-refractivity contribution in [1.82, 2.24) is 0 Å². The first kappa shape index (κ1) is 11.1. The summed E-state index contributed by atoms with van der Waals surface area (Å²) in [6.07, 6.45) is 3.79.